The summed E-state index contributed by atoms with van der Waals surface area (Å²) in [4.78, 5) is 14.1. The lowest BCUT2D eigenvalue weighted by Crippen LogP contribution is -2.49. The Balaban J connectivity index is 1.65. The number of ether oxygens (including phenoxy) is 3. The average Bonchev–Trinajstić information content (AvgIpc) is 2.94. The monoisotopic (exact) mass is 387 g/mol. The molecule has 1 aromatic carbocycles. The molecule has 0 radical (unpaired) electrons. The minimum Gasteiger partial charge on any atom is -0.437 e. The lowest BCUT2D eigenvalue weighted by molar-refractivity contribution is -0.389. The van der Waals surface area contributed by atoms with Crippen LogP contribution in [0.4, 0.5) is 19.0 Å². The van der Waals surface area contributed by atoms with Gasteiger partial charge in [0.25, 0.3) is 0 Å². The molecule has 1 atom stereocenters. The lowest BCUT2D eigenvalue weighted by atomic mass is 10.00. The third kappa shape index (κ3) is 4.48. The molecule has 0 N–H and O–H groups in total. The fraction of sp³-hybridized carbons (Fsp3) is 0.438. The summed E-state index contributed by atoms with van der Waals surface area (Å²) in [6.45, 7) is 3.94. The zero-order chi connectivity index (χ0) is 19.8. The predicted molar refractivity (Wildman–Crippen MR) is 85.3 cm³/mol. The van der Waals surface area contributed by atoms with Crippen LogP contribution in [0.2, 0.25) is 0 Å². The van der Waals surface area contributed by atoms with Gasteiger partial charge in [0.15, 0.2) is 0 Å². The SMILES string of the molecule is CC1(C)Oc2nc([N+](=O)[O-])cn2CC1OCc1ccc(OC(F)(F)F)cc1. The number of nitro groups is 1. The Morgan fingerprint density at radius 2 is 2.04 bits per heavy atom. The van der Waals surface area contributed by atoms with Crippen LogP contribution in [0, 0.1) is 10.1 Å². The van der Waals surface area contributed by atoms with Crippen molar-refractivity contribution in [2.24, 2.45) is 0 Å². The van der Waals surface area contributed by atoms with Crippen molar-refractivity contribution in [2.45, 2.75) is 45.1 Å². The summed E-state index contributed by atoms with van der Waals surface area (Å²) in [7, 11) is 0. The molecule has 3 rings (SSSR count). The van der Waals surface area contributed by atoms with E-state index in [0.29, 0.717) is 12.1 Å². The summed E-state index contributed by atoms with van der Waals surface area (Å²) in [6, 6.07) is 5.47. The minimum absolute atomic E-state index is 0.121. The first-order chi connectivity index (χ1) is 12.5. The molecule has 0 fully saturated rings. The van der Waals surface area contributed by atoms with E-state index in [1.54, 1.807) is 13.8 Å². The molecule has 1 aliphatic rings. The maximum Gasteiger partial charge on any atom is 0.573 e. The van der Waals surface area contributed by atoms with E-state index in [0.717, 1.165) is 0 Å². The van der Waals surface area contributed by atoms with Crippen LogP contribution in [0.1, 0.15) is 19.4 Å². The second kappa shape index (κ2) is 6.72. The Kier molecular flexibility index (Phi) is 4.72. The van der Waals surface area contributed by atoms with Crippen molar-refractivity contribution in [3.8, 4) is 11.8 Å². The number of halogens is 3. The van der Waals surface area contributed by atoms with Gasteiger partial charge in [-0.05, 0) is 36.5 Å². The highest BCUT2D eigenvalue weighted by atomic mass is 19.4. The number of aromatic nitrogens is 2. The molecule has 0 bridgehead atoms. The number of benzene rings is 1. The third-order valence-corrected chi connectivity index (χ3v) is 4.01. The number of imidazole rings is 1. The molecule has 1 aromatic heterocycles. The van der Waals surface area contributed by atoms with Crippen LogP contribution in [-0.2, 0) is 17.9 Å². The van der Waals surface area contributed by atoms with Crippen molar-refractivity contribution >= 4 is 5.82 Å². The molecule has 0 saturated heterocycles. The summed E-state index contributed by atoms with van der Waals surface area (Å²) in [5, 5.41) is 10.8. The van der Waals surface area contributed by atoms with Crippen molar-refractivity contribution in [1.29, 1.82) is 0 Å². The smallest absolute Gasteiger partial charge is 0.437 e. The topological polar surface area (TPSA) is 88.7 Å². The molecule has 0 spiro atoms. The molecule has 2 aromatic rings. The van der Waals surface area contributed by atoms with Crippen molar-refractivity contribution in [2.75, 3.05) is 0 Å². The molecule has 146 valence electrons. The van der Waals surface area contributed by atoms with E-state index in [1.807, 2.05) is 0 Å². The minimum atomic E-state index is -4.74. The van der Waals surface area contributed by atoms with Crippen molar-refractivity contribution < 1.29 is 32.3 Å². The van der Waals surface area contributed by atoms with E-state index in [1.165, 1.54) is 35.0 Å². The van der Waals surface area contributed by atoms with Gasteiger partial charge in [0.05, 0.1) is 13.2 Å². The zero-order valence-corrected chi connectivity index (χ0v) is 14.4. The maximum absolute atomic E-state index is 12.2. The van der Waals surface area contributed by atoms with Gasteiger partial charge in [-0.3, -0.25) is 4.57 Å². The predicted octanol–water partition coefficient (Wildman–Crippen LogP) is 3.45. The molecule has 2 heterocycles. The largest absolute Gasteiger partial charge is 0.573 e. The number of fused-ring (bicyclic) bond motifs is 1. The van der Waals surface area contributed by atoms with Gasteiger partial charge in [-0.25, -0.2) is 0 Å². The lowest BCUT2D eigenvalue weighted by Gasteiger charge is -2.37. The van der Waals surface area contributed by atoms with Crippen LogP contribution in [-0.4, -0.2) is 32.5 Å². The van der Waals surface area contributed by atoms with E-state index < -0.39 is 23.0 Å². The van der Waals surface area contributed by atoms with Gasteiger partial charge in [-0.2, -0.15) is 0 Å². The summed E-state index contributed by atoms with van der Waals surface area (Å²) < 4.78 is 53.4. The van der Waals surface area contributed by atoms with E-state index in [2.05, 4.69) is 9.72 Å². The Hall–Kier alpha value is -2.82. The fourth-order valence-corrected chi connectivity index (χ4v) is 2.62. The van der Waals surface area contributed by atoms with E-state index in [-0.39, 0.29) is 24.2 Å². The highest BCUT2D eigenvalue weighted by molar-refractivity contribution is 5.27. The summed E-state index contributed by atoms with van der Waals surface area (Å²) in [5.41, 5.74) is -0.156. The van der Waals surface area contributed by atoms with Gasteiger partial charge in [0.2, 0.25) is 0 Å². The average molecular weight is 387 g/mol. The van der Waals surface area contributed by atoms with E-state index in [4.69, 9.17) is 9.47 Å². The van der Waals surface area contributed by atoms with Gasteiger partial charge in [0, 0.05) is 4.98 Å². The van der Waals surface area contributed by atoms with Crippen LogP contribution in [0.5, 0.6) is 11.8 Å². The number of hydrogen-bond donors (Lipinski definition) is 0. The van der Waals surface area contributed by atoms with Gasteiger partial charge in [-0.1, -0.05) is 12.1 Å². The van der Waals surface area contributed by atoms with Crippen molar-refractivity contribution in [1.82, 2.24) is 9.55 Å². The quantitative estimate of drug-likeness (QED) is 0.577. The van der Waals surface area contributed by atoms with Gasteiger partial charge in [0.1, 0.15) is 23.7 Å². The molecule has 0 amide bonds. The number of rotatable bonds is 5. The third-order valence-electron chi connectivity index (χ3n) is 4.01. The number of alkyl halides is 3. The van der Waals surface area contributed by atoms with Crippen LogP contribution in [0.3, 0.4) is 0 Å². The molecule has 1 unspecified atom stereocenters. The molecular weight excluding hydrogens is 371 g/mol. The number of nitrogens with zero attached hydrogens (tertiary/aromatic N) is 3. The first-order valence-corrected chi connectivity index (χ1v) is 7.90. The molecular formula is C16H16F3N3O5. The molecule has 11 heteroatoms. The van der Waals surface area contributed by atoms with Crippen molar-refractivity contribution in [3.05, 3.63) is 46.1 Å². The summed E-state index contributed by atoms with van der Waals surface area (Å²) in [5.74, 6) is -0.635. The first-order valence-electron chi connectivity index (χ1n) is 7.90. The van der Waals surface area contributed by atoms with Crippen LogP contribution < -0.4 is 9.47 Å². The highest BCUT2D eigenvalue weighted by Gasteiger charge is 2.41. The molecule has 8 nitrogen and oxygen atoms in total. The second-order valence-electron chi connectivity index (χ2n) is 6.49. The van der Waals surface area contributed by atoms with Gasteiger partial charge >= 0.3 is 18.2 Å². The van der Waals surface area contributed by atoms with Crippen LogP contribution >= 0.6 is 0 Å². The molecule has 1 aliphatic heterocycles. The zero-order valence-electron chi connectivity index (χ0n) is 14.4. The molecule has 0 saturated carbocycles. The van der Waals surface area contributed by atoms with Gasteiger partial charge in [-0.15, -0.1) is 13.2 Å². The number of hydrogen-bond acceptors (Lipinski definition) is 6. The maximum atomic E-state index is 12.2. The second-order valence-corrected chi connectivity index (χ2v) is 6.49. The Bertz CT molecular complexity index is 833. The molecule has 27 heavy (non-hydrogen) atoms. The van der Waals surface area contributed by atoms with Crippen LogP contribution in [0.25, 0.3) is 0 Å². The standard InChI is InChI=1S/C16H16F3N3O5/c1-15(2)12(7-21-8-13(22(23)24)20-14(21)27-15)25-9-10-3-5-11(6-4-10)26-16(17,18)19/h3-6,8,12H,7,9H2,1-2H3. The van der Waals surface area contributed by atoms with E-state index in [9.17, 15) is 23.3 Å². The normalized spacial score (nSPS) is 18.5. The van der Waals surface area contributed by atoms with E-state index >= 15 is 0 Å². The molecule has 0 aliphatic carbocycles. The van der Waals surface area contributed by atoms with Gasteiger partial charge < -0.3 is 24.3 Å². The Morgan fingerprint density at radius 3 is 2.63 bits per heavy atom. The van der Waals surface area contributed by atoms with Crippen LogP contribution in [0.15, 0.2) is 30.5 Å². The fourth-order valence-electron chi connectivity index (χ4n) is 2.62. The Labute approximate surface area is 151 Å². The van der Waals surface area contributed by atoms with Crippen molar-refractivity contribution in [3.63, 3.8) is 0 Å². The highest BCUT2D eigenvalue weighted by Crippen LogP contribution is 2.32. The Morgan fingerprint density at radius 1 is 1.37 bits per heavy atom. The summed E-state index contributed by atoms with van der Waals surface area (Å²) in [6.07, 6.45) is -3.93. The first kappa shape index (κ1) is 19.0. The summed E-state index contributed by atoms with van der Waals surface area (Å²) >= 11 is 0.